The van der Waals surface area contributed by atoms with Crippen LogP contribution in [-0.2, 0) is 0 Å². The molecule has 0 atom stereocenters. The van der Waals surface area contributed by atoms with Crippen molar-refractivity contribution in [3.8, 4) is 5.75 Å². The number of hydrogen-bond acceptors (Lipinski definition) is 5. The van der Waals surface area contributed by atoms with Crippen molar-refractivity contribution in [3.05, 3.63) is 72.6 Å². The summed E-state index contributed by atoms with van der Waals surface area (Å²) in [6, 6.07) is 14.2. The smallest absolute Gasteiger partial charge is 0.387 e. The maximum absolute atomic E-state index is 12.4. The SMILES string of the molecule is O=C(Nc1ccc(OC(F)F)cc1)c1cccc(Nc2ncccn2)c1. The molecule has 0 unspecified atom stereocenters. The van der Waals surface area contributed by atoms with Crippen LogP contribution in [0.3, 0.4) is 0 Å². The molecular formula is C18H14F2N4O2. The number of rotatable bonds is 6. The number of carbonyl (C=O) groups is 1. The zero-order valence-corrected chi connectivity index (χ0v) is 13.4. The number of amides is 1. The zero-order valence-electron chi connectivity index (χ0n) is 13.4. The standard InChI is InChI=1S/C18H14F2N4O2/c19-17(20)26-15-7-5-13(6-8-15)23-16(25)12-3-1-4-14(11-12)24-18-21-9-2-10-22-18/h1-11,17H,(H,23,25)(H,21,22,24). The number of anilines is 3. The summed E-state index contributed by atoms with van der Waals surface area (Å²) in [5.74, 6) is 0.0943. The second-order valence-electron chi connectivity index (χ2n) is 5.14. The lowest BCUT2D eigenvalue weighted by atomic mass is 10.2. The second kappa shape index (κ2) is 8.02. The van der Waals surface area contributed by atoms with Crippen LogP contribution >= 0.6 is 0 Å². The minimum atomic E-state index is -2.89. The molecule has 3 rings (SSSR count). The normalized spacial score (nSPS) is 10.4. The molecule has 6 nitrogen and oxygen atoms in total. The van der Waals surface area contributed by atoms with E-state index < -0.39 is 6.61 Å². The molecule has 8 heteroatoms. The van der Waals surface area contributed by atoms with Crippen molar-refractivity contribution in [2.24, 2.45) is 0 Å². The molecule has 0 aliphatic carbocycles. The third-order valence-corrected chi connectivity index (χ3v) is 3.28. The molecule has 0 aliphatic rings. The Bertz CT molecular complexity index is 874. The molecule has 1 aromatic heterocycles. The van der Waals surface area contributed by atoms with Gasteiger partial charge in [-0.25, -0.2) is 9.97 Å². The summed E-state index contributed by atoms with van der Waals surface area (Å²) >= 11 is 0. The van der Waals surface area contributed by atoms with E-state index >= 15 is 0 Å². The van der Waals surface area contributed by atoms with Crippen LogP contribution in [0.5, 0.6) is 5.75 Å². The van der Waals surface area contributed by atoms with E-state index in [1.54, 1.807) is 42.7 Å². The number of nitrogens with one attached hydrogen (secondary N) is 2. The summed E-state index contributed by atoms with van der Waals surface area (Å²) in [4.78, 5) is 20.5. The minimum absolute atomic E-state index is 0.0204. The zero-order chi connectivity index (χ0) is 18.4. The molecule has 0 aliphatic heterocycles. The van der Waals surface area contributed by atoms with Gasteiger partial charge in [0.1, 0.15) is 5.75 Å². The van der Waals surface area contributed by atoms with Gasteiger partial charge in [0, 0.05) is 29.3 Å². The summed E-state index contributed by atoms with van der Waals surface area (Å²) in [5, 5.41) is 5.69. The lowest BCUT2D eigenvalue weighted by Gasteiger charge is -2.09. The van der Waals surface area contributed by atoms with Crippen LogP contribution in [0.15, 0.2) is 67.0 Å². The fraction of sp³-hybridized carbons (Fsp3) is 0.0556. The highest BCUT2D eigenvalue weighted by molar-refractivity contribution is 6.04. The fourth-order valence-electron chi connectivity index (χ4n) is 2.15. The van der Waals surface area contributed by atoms with Crippen molar-refractivity contribution < 1.29 is 18.3 Å². The van der Waals surface area contributed by atoms with Crippen molar-refractivity contribution in [2.75, 3.05) is 10.6 Å². The molecule has 2 N–H and O–H groups in total. The number of nitrogens with zero attached hydrogens (tertiary/aromatic N) is 2. The Morgan fingerprint density at radius 2 is 1.69 bits per heavy atom. The highest BCUT2D eigenvalue weighted by atomic mass is 19.3. The average Bonchev–Trinajstić information content (AvgIpc) is 2.64. The van der Waals surface area contributed by atoms with Gasteiger partial charge < -0.3 is 15.4 Å². The Kier molecular flexibility index (Phi) is 5.33. The summed E-state index contributed by atoms with van der Waals surface area (Å²) in [6.45, 7) is -2.89. The molecule has 3 aromatic rings. The van der Waals surface area contributed by atoms with E-state index in [2.05, 4.69) is 25.3 Å². The summed E-state index contributed by atoms with van der Waals surface area (Å²) < 4.78 is 28.5. The lowest BCUT2D eigenvalue weighted by molar-refractivity contribution is -0.0498. The van der Waals surface area contributed by atoms with Crippen LogP contribution in [0.1, 0.15) is 10.4 Å². The lowest BCUT2D eigenvalue weighted by Crippen LogP contribution is -2.12. The Hall–Kier alpha value is -3.55. The molecule has 2 aromatic carbocycles. The number of alkyl halides is 2. The molecule has 1 amide bonds. The van der Waals surface area contributed by atoms with E-state index in [0.29, 0.717) is 22.9 Å². The van der Waals surface area contributed by atoms with E-state index in [0.717, 1.165) is 0 Å². The van der Waals surface area contributed by atoms with Crippen molar-refractivity contribution >= 4 is 23.2 Å². The number of ether oxygens (including phenoxy) is 1. The van der Waals surface area contributed by atoms with Crippen LogP contribution in [0.4, 0.5) is 26.1 Å². The molecule has 0 spiro atoms. The second-order valence-corrected chi connectivity index (χ2v) is 5.14. The van der Waals surface area contributed by atoms with E-state index in [-0.39, 0.29) is 11.7 Å². The van der Waals surface area contributed by atoms with E-state index in [1.165, 1.54) is 24.3 Å². The molecule has 1 heterocycles. The first-order valence-electron chi connectivity index (χ1n) is 7.60. The van der Waals surface area contributed by atoms with Crippen LogP contribution in [-0.4, -0.2) is 22.5 Å². The molecule has 132 valence electrons. The average molecular weight is 356 g/mol. The Morgan fingerprint density at radius 1 is 0.962 bits per heavy atom. The first kappa shape index (κ1) is 17.3. The van der Waals surface area contributed by atoms with Gasteiger partial charge in [-0.1, -0.05) is 6.07 Å². The van der Waals surface area contributed by atoms with Crippen molar-refractivity contribution in [2.45, 2.75) is 6.61 Å². The van der Waals surface area contributed by atoms with E-state index in [9.17, 15) is 13.6 Å². The van der Waals surface area contributed by atoms with Gasteiger partial charge in [-0.3, -0.25) is 4.79 Å². The molecular weight excluding hydrogens is 342 g/mol. The number of hydrogen-bond donors (Lipinski definition) is 2. The van der Waals surface area contributed by atoms with Gasteiger partial charge in [0.15, 0.2) is 0 Å². The predicted molar refractivity (Wildman–Crippen MR) is 92.8 cm³/mol. The Morgan fingerprint density at radius 3 is 2.38 bits per heavy atom. The van der Waals surface area contributed by atoms with Crippen LogP contribution in [0.25, 0.3) is 0 Å². The topological polar surface area (TPSA) is 76.1 Å². The summed E-state index contributed by atoms with van der Waals surface area (Å²) in [6.07, 6.45) is 3.21. The summed E-state index contributed by atoms with van der Waals surface area (Å²) in [7, 11) is 0. The maximum atomic E-state index is 12.4. The van der Waals surface area contributed by atoms with Gasteiger partial charge in [0.05, 0.1) is 0 Å². The largest absolute Gasteiger partial charge is 0.435 e. The number of carbonyl (C=O) groups excluding carboxylic acids is 1. The van der Waals surface area contributed by atoms with Gasteiger partial charge in [-0.15, -0.1) is 0 Å². The Balaban J connectivity index is 1.67. The molecule has 0 saturated heterocycles. The van der Waals surface area contributed by atoms with Gasteiger partial charge in [0.2, 0.25) is 5.95 Å². The minimum Gasteiger partial charge on any atom is -0.435 e. The highest BCUT2D eigenvalue weighted by Gasteiger charge is 2.09. The van der Waals surface area contributed by atoms with E-state index in [4.69, 9.17) is 0 Å². The predicted octanol–water partition coefficient (Wildman–Crippen LogP) is 4.07. The maximum Gasteiger partial charge on any atom is 0.387 e. The van der Waals surface area contributed by atoms with Crippen LogP contribution in [0.2, 0.25) is 0 Å². The first-order valence-corrected chi connectivity index (χ1v) is 7.60. The van der Waals surface area contributed by atoms with Gasteiger partial charge in [-0.05, 0) is 48.5 Å². The van der Waals surface area contributed by atoms with Crippen LogP contribution < -0.4 is 15.4 Å². The van der Waals surface area contributed by atoms with Gasteiger partial charge >= 0.3 is 6.61 Å². The van der Waals surface area contributed by atoms with Crippen molar-refractivity contribution in [1.29, 1.82) is 0 Å². The van der Waals surface area contributed by atoms with Gasteiger partial charge in [0.25, 0.3) is 5.91 Å². The van der Waals surface area contributed by atoms with Crippen LogP contribution in [0, 0.1) is 0 Å². The number of aromatic nitrogens is 2. The third-order valence-electron chi connectivity index (χ3n) is 3.28. The highest BCUT2D eigenvalue weighted by Crippen LogP contribution is 2.19. The van der Waals surface area contributed by atoms with E-state index in [1.807, 2.05) is 0 Å². The third kappa shape index (κ3) is 4.73. The fourth-order valence-corrected chi connectivity index (χ4v) is 2.15. The molecule has 0 fully saturated rings. The molecule has 0 bridgehead atoms. The van der Waals surface area contributed by atoms with Crippen molar-refractivity contribution in [3.63, 3.8) is 0 Å². The van der Waals surface area contributed by atoms with Crippen molar-refractivity contribution in [1.82, 2.24) is 9.97 Å². The molecule has 0 saturated carbocycles. The summed E-state index contributed by atoms with van der Waals surface area (Å²) in [5.41, 5.74) is 1.53. The molecule has 0 radical (unpaired) electrons. The molecule has 26 heavy (non-hydrogen) atoms. The first-order chi connectivity index (χ1) is 12.6. The quantitative estimate of drug-likeness (QED) is 0.696. The number of halogens is 2. The van der Waals surface area contributed by atoms with Gasteiger partial charge in [-0.2, -0.15) is 8.78 Å². The monoisotopic (exact) mass is 356 g/mol. The Labute approximate surface area is 147 Å². The number of benzene rings is 2.